The minimum Gasteiger partial charge on any atom is -0.348 e. The molecule has 6 N–H and O–H groups in total. The molecule has 0 saturated carbocycles. The summed E-state index contributed by atoms with van der Waals surface area (Å²) in [5.74, 6) is -1.25. The summed E-state index contributed by atoms with van der Waals surface area (Å²) in [5, 5.41) is 18.9. The number of amides is 5. The van der Waals surface area contributed by atoms with E-state index >= 15 is 0 Å². The molecule has 2 heterocycles. The summed E-state index contributed by atoms with van der Waals surface area (Å²) in [7, 11) is 1.69. The summed E-state index contributed by atoms with van der Waals surface area (Å²) in [5.41, 5.74) is 6.20. The summed E-state index contributed by atoms with van der Waals surface area (Å²) >= 11 is 0. The van der Waals surface area contributed by atoms with Crippen molar-refractivity contribution < 1.29 is 24.0 Å². The van der Waals surface area contributed by atoms with Crippen LogP contribution in [0.1, 0.15) is 116 Å². The number of carbonyl (C=O) groups excluding carboxylic acids is 5. The molecule has 1 fully saturated rings. The zero-order valence-corrected chi connectivity index (χ0v) is 34.5. The Morgan fingerprint density at radius 2 is 1.40 bits per heavy atom. The summed E-state index contributed by atoms with van der Waals surface area (Å²) < 4.78 is 0. The molecule has 58 heavy (non-hydrogen) atoms. The van der Waals surface area contributed by atoms with Crippen molar-refractivity contribution in [3.63, 3.8) is 0 Å². The molecule has 0 spiro atoms. The molecule has 0 aromatic heterocycles. The van der Waals surface area contributed by atoms with Gasteiger partial charge in [0.2, 0.25) is 23.6 Å². The Morgan fingerprint density at radius 3 is 2.02 bits per heavy atom. The van der Waals surface area contributed by atoms with Gasteiger partial charge >= 0.3 is 0 Å². The van der Waals surface area contributed by atoms with Crippen LogP contribution in [0.15, 0.2) is 66.7 Å². The standard InChI is InChI=1S/C46H59N7O5/c1-27(47-5)41(54)52-40(46(2,3)4)45(58)53-26-32-22-31(21-20-30(32)23-39(53)44(57)51-37-19-11-15-29-13-7-9-17-35(29)37)42(55)49-33-24-38(48-25-33)43(56)50-36-18-10-14-28-12-6-8-16-34(28)36/h6-9,12-13,16-17,20-22,27,33,36-40,47-48H,10-11,14-15,18-19,23-26H2,1-5H3,(H,49,55)(H,50,56)(H,51,57)(H,52,54)/t27-,33-,36+,37+,38-,39-,40+/m0/s1. The third-order valence-electron chi connectivity index (χ3n) is 12.6. The van der Waals surface area contributed by atoms with E-state index < -0.39 is 29.6 Å². The zero-order valence-electron chi connectivity index (χ0n) is 34.5. The second-order valence-electron chi connectivity index (χ2n) is 17.7. The van der Waals surface area contributed by atoms with Gasteiger partial charge in [-0.1, -0.05) is 75.4 Å². The number of hydrogen-bond donors (Lipinski definition) is 6. The van der Waals surface area contributed by atoms with Crippen molar-refractivity contribution in [1.82, 2.24) is 36.8 Å². The van der Waals surface area contributed by atoms with Gasteiger partial charge in [-0.2, -0.15) is 0 Å². The first-order valence-electron chi connectivity index (χ1n) is 21.0. The molecule has 0 radical (unpaired) electrons. The topological polar surface area (TPSA) is 161 Å². The van der Waals surface area contributed by atoms with Gasteiger partial charge in [0.1, 0.15) is 12.1 Å². The van der Waals surface area contributed by atoms with Gasteiger partial charge in [0.15, 0.2) is 0 Å². The van der Waals surface area contributed by atoms with Crippen LogP contribution in [0.5, 0.6) is 0 Å². The molecule has 0 unspecified atom stereocenters. The lowest BCUT2D eigenvalue weighted by molar-refractivity contribution is -0.147. The number of carbonyl (C=O) groups is 5. The number of nitrogens with zero attached hydrogens (tertiary/aromatic N) is 1. The number of hydrogen-bond acceptors (Lipinski definition) is 7. The highest BCUT2D eigenvalue weighted by molar-refractivity contribution is 5.96. The Kier molecular flexibility index (Phi) is 12.3. The largest absolute Gasteiger partial charge is 0.348 e. The van der Waals surface area contributed by atoms with E-state index in [0.717, 1.165) is 55.2 Å². The fourth-order valence-corrected chi connectivity index (χ4v) is 9.07. The van der Waals surface area contributed by atoms with E-state index in [0.29, 0.717) is 18.5 Å². The second kappa shape index (κ2) is 17.4. The maximum atomic E-state index is 14.7. The molecular formula is C46H59N7O5. The highest BCUT2D eigenvalue weighted by Gasteiger charge is 2.43. The molecule has 5 amide bonds. The molecule has 0 bridgehead atoms. The number of aryl methyl sites for hydroxylation is 2. The van der Waals surface area contributed by atoms with Crippen LogP contribution in [0.4, 0.5) is 0 Å². The molecule has 12 heteroatoms. The predicted octanol–water partition coefficient (Wildman–Crippen LogP) is 3.93. The highest BCUT2D eigenvalue weighted by atomic mass is 16.2. The number of likely N-dealkylation sites (N-methyl/N-ethyl adjacent to an activating group) is 1. The van der Waals surface area contributed by atoms with E-state index in [4.69, 9.17) is 0 Å². The quantitative estimate of drug-likeness (QED) is 0.182. The number of rotatable bonds is 10. The van der Waals surface area contributed by atoms with Crippen LogP contribution in [0.2, 0.25) is 0 Å². The summed E-state index contributed by atoms with van der Waals surface area (Å²) in [6.07, 6.45) is 6.39. The molecule has 3 aromatic carbocycles. The van der Waals surface area contributed by atoms with Crippen molar-refractivity contribution in [2.45, 2.75) is 128 Å². The fraction of sp³-hybridized carbons (Fsp3) is 0.500. The third-order valence-corrected chi connectivity index (χ3v) is 12.6. The van der Waals surface area contributed by atoms with Gasteiger partial charge in [0.25, 0.3) is 5.91 Å². The van der Waals surface area contributed by atoms with Gasteiger partial charge in [-0.05, 0) is 110 Å². The SMILES string of the molecule is CN[C@@H](C)C(=O)N[C@H](C(=O)N1Cc2cc(C(=O)N[C@@H]3CN[C@H](C(=O)N[C@@H]4CCCc5ccccc54)C3)ccc2C[C@H]1C(=O)N[C@@H]1CCCc2ccccc21)C(C)(C)C. The average molecular weight is 790 g/mol. The molecule has 1 saturated heterocycles. The Hall–Kier alpha value is -5.07. The van der Waals surface area contributed by atoms with E-state index in [1.807, 2.05) is 51.1 Å². The van der Waals surface area contributed by atoms with Crippen LogP contribution in [0.25, 0.3) is 0 Å². The molecule has 3 aromatic rings. The second-order valence-corrected chi connectivity index (χ2v) is 17.7. The van der Waals surface area contributed by atoms with Gasteiger partial charge in [0.05, 0.1) is 24.2 Å². The predicted molar refractivity (Wildman–Crippen MR) is 223 cm³/mol. The third kappa shape index (κ3) is 8.98. The summed E-state index contributed by atoms with van der Waals surface area (Å²) in [4.78, 5) is 70.9. The van der Waals surface area contributed by atoms with Crippen molar-refractivity contribution in [1.29, 1.82) is 0 Å². The van der Waals surface area contributed by atoms with Crippen LogP contribution in [-0.2, 0) is 45.0 Å². The van der Waals surface area contributed by atoms with Gasteiger partial charge in [-0.25, -0.2) is 0 Å². The molecule has 2 aliphatic carbocycles. The lowest BCUT2D eigenvalue weighted by atomic mass is 9.83. The normalized spacial score (nSPS) is 23.6. The van der Waals surface area contributed by atoms with Crippen LogP contribution in [-0.4, -0.2) is 78.2 Å². The molecule has 308 valence electrons. The van der Waals surface area contributed by atoms with Crippen LogP contribution in [0.3, 0.4) is 0 Å². The molecular weight excluding hydrogens is 731 g/mol. The molecule has 12 nitrogen and oxygen atoms in total. The maximum Gasteiger partial charge on any atom is 0.251 e. The highest BCUT2D eigenvalue weighted by Crippen LogP contribution is 2.33. The van der Waals surface area contributed by atoms with E-state index in [9.17, 15) is 24.0 Å². The first-order valence-corrected chi connectivity index (χ1v) is 21.0. The van der Waals surface area contributed by atoms with E-state index in [-0.39, 0.29) is 60.6 Å². The van der Waals surface area contributed by atoms with Crippen LogP contribution < -0.4 is 31.9 Å². The van der Waals surface area contributed by atoms with Crippen molar-refractivity contribution in [3.8, 4) is 0 Å². The minimum atomic E-state index is -0.914. The van der Waals surface area contributed by atoms with Crippen LogP contribution in [0, 0.1) is 5.41 Å². The van der Waals surface area contributed by atoms with Gasteiger partial charge in [-0.3, -0.25) is 24.0 Å². The van der Waals surface area contributed by atoms with Crippen molar-refractivity contribution >= 4 is 29.5 Å². The number of fused-ring (bicyclic) bond motifs is 3. The van der Waals surface area contributed by atoms with E-state index in [1.54, 1.807) is 31.0 Å². The zero-order chi connectivity index (χ0) is 41.1. The Bertz CT molecular complexity index is 2040. The van der Waals surface area contributed by atoms with Crippen LogP contribution >= 0.6 is 0 Å². The molecule has 4 aliphatic rings. The maximum absolute atomic E-state index is 14.7. The molecule has 7 atom stereocenters. The first kappa shape index (κ1) is 41.1. The number of nitrogens with one attached hydrogen (secondary N) is 6. The van der Waals surface area contributed by atoms with Crippen molar-refractivity contribution in [3.05, 3.63) is 106 Å². The molecule has 7 rings (SSSR count). The van der Waals surface area contributed by atoms with Crippen molar-refractivity contribution in [2.24, 2.45) is 5.41 Å². The smallest absolute Gasteiger partial charge is 0.251 e. The van der Waals surface area contributed by atoms with Gasteiger partial charge in [0, 0.05) is 31.1 Å². The van der Waals surface area contributed by atoms with Gasteiger partial charge in [-0.15, -0.1) is 0 Å². The Morgan fingerprint density at radius 1 is 0.776 bits per heavy atom. The lowest BCUT2D eigenvalue weighted by Crippen LogP contribution is -2.62. The van der Waals surface area contributed by atoms with Gasteiger partial charge < -0.3 is 36.8 Å². The lowest BCUT2D eigenvalue weighted by Gasteiger charge is -2.42. The van der Waals surface area contributed by atoms with Crippen molar-refractivity contribution in [2.75, 3.05) is 13.6 Å². The Labute approximate surface area is 342 Å². The number of benzene rings is 3. The molecule has 2 aliphatic heterocycles. The summed E-state index contributed by atoms with van der Waals surface area (Å²) in [6.45, 7) is 7.98. The van der Waals surface area contributed by atoms with E-state index in [1.165, 1.54) is 16.7 Å². The monoisotopic (exact) mass is 789 g/mol. The first-order chi connectivity index (χ1) is 27.8. The summed E-state index contributed by atoms with van der Waals surface area (Å²) in [6, 6.07) is 18.8. The fourth-order valence-electron chi connectivity index (χ4n) is 9.07. The minimum absolute atomic E-state index is 0.0173. The average Bonchev–Trinajstić information content (AvgIpc) is 3.70. The Balaban J connectivity index is 1.07. The van der Waals surface area contributed by atoms with E-state index in [2.05, 4.69) is 56.2 Å².